The molecule has 17 heavy (non-hydrogen) atoms. The van der Waals surface area contributed by atoms with Gasteiger partial charge in [0.25, 0.3) is 0 Å². The lowest BCUT2D eigenvalue weighted by atomic mass is 10.2. The average Bonchev–Trinajstić information content (AvgIpc) is 2.39. The number of amides is 1. The summed E-state index contributed by atoms with van der Waals surface area (Å²) in [6.45, 7) is 0.248. The van der Waals surface area contributed by atoms with Gasteiger partial charge in [-0.05, 0) is 0 Å². The third-order valence-electron chi connectivity index (χ3n) is 2.51. The molecule has 0 bridgehead atoms. The number of anilines is 2. The van der Waals surface area contributed by atoms with E-state index in [1.807, 2.05) is 30.3 Å². The van der Waals surface area contributed by atoms with Crippen molar-refractivity contribution in [2.45, 2.75) is 0 Å². The fourth-order valence-electron chi connectivity index (χ4n) is 1.69. The molecular formula is C12H10N4O. The van der Waals surface area contributed by atoms with Gasteiger partial charge < -0.3 is 10.6 Å². The Bertz CT molecular complexity index is 568. The second-order valence-corrected chi connectivity index (χ2v) is 3.72. The maximum Gasteiger partial charge on any atom is 0.243 e. The average molecular weight is 226 g/mol. The van der Waals surface area contributed by atoms with Crippen LogP contribution in [-0.2, 0) is 4.79 Å². The van der Waals surface area contributed by atoms with Gasteiger partial charge in [-0.25, -0.2) is 9.97 Å². The molecule has 2 heterocycles. The molecule has 0 aliphatic carbocycles. The maximum absolute atomic E-state index is 11.2. The predicted molar refractivity (Wildman–Crippen MR) is 64.6 cm³/mol. The summed E-state index contributed by atoms with van der Waals surface area (Å²) in [6.07, 6.45) is 1.62. The lowest BCUT2D eigenvalue weighted by Crippen LogP contribution is -2.28. The van der Waals surface area contributed by atoms with Crippen LogP contribution in [0, 0.1) is 0 Å². The van der Waals surface area contributed by atoms with E-state index < -0.39 is 0 Å². The highest BCUT2D eigenvalue weighted by atomic mass is 16.2. The Morgan fingerprint density at radius 3 is 2.82 bits per heavy atom. The van der Waals surface area contributed by atoms with Crippen molar-refractivity contribution in [3.05, 3.63) is 36.5 Å². The van der Waals surface area contributed by atoms with Crippen molar-refractivity contribution >= 4 is 17.4 Å². The van der Waals surface area contributed by atoms with Crippen LogP contribution in [0.15, 0.2) is 36.5 Å². The van der Waals surface area contributed by atoms with E-state index in [9.17, 15) is 4.79 Å². The van der Waals surface area contributed by atoms with Gasteiger partial charge in [-0.2, -0.15) is 0 Å². The molecule has 0 spiro atoms. The van der Waals surface area contributed by atoms with E-state index in [4.69, 9.17) is 0 Å². The van der Waals surface area contributed by atoms with Crippen LogP contribution in [0.25, 0.3) is 11.4 Å². The molecule has 84 valence electrons. The molecule has 2 aromatic rings. The summed E-state index contributed by atoms with van der Waals surface area (Å²) in [5.41, 5.74) is 1.58. The summed E-state index contributed by atoms with van der Waals surface area (Å²) in [5.74, 6) is 1.24. The third-order valence-corrected chi connectivity index (χ3v) is 2.51. The predicted octanol–water partition coefficient (Wildman–Crippen LogP) is 1.51. The topological polar surface area (TPSA) is 66.9 Å². The van der Waals surface area contributed by atoms with Crippen molar-refractivity contribution in [2.24, 2.45) is 0 Å². The number of benzene rings is 1. The Hall–Kier alpha value is -2.43. The lowest BCUT2D eigenvalue weighted by molar-refractivity contribution is -0.114. The summed E-state index contributed by atoms with van der Waals surface area (Å²) in [4.78, 5) is 19.8. The van der Waals surface area contributed by atoms with Gasteiger partial charge in [-0.1, -0.05) is 30.3 Å². The first-order valence-corrected chi connectivity index (χ1v) is 5.29. The largest absolute Gasteiger partial charge is 0.359 e. The van der Waals surface area contributed by atoms with Gasteiger partial charge in [-0.15, -0.1) is 0 Å². The van der Waals surface area contributed by atoms with Crippen LogP contribution in [0.4, 0.5) is 11.5 Å². The SMILES string of the molecule is O=C1CNc2nc(-c3ccccc3)ncc2N1. The zero-order valence-corrected chi connectivity index (χ0v) is 8.97. The quantitative estimate of drug-likeness (QED) is 0.773. The number of carbonyl (C=O) groups excluding carboxylic acids is 1. The molecule has 5 nitrogen and oxygen atoms in total. The highest BCUT2D eigenvalue weighted by molar-refractivity contribution is 5.99. The Morgan fingerprint density at radius 2 is 2.00 bits per heavy atom. The van der Waals surface area contributed by atoms with Gasteiger partial charge in [0.1, 0.15) is 5.69 Å². The van der Waals surface area contributed by atoms with Gasteiger partial charge >= 0.3 is 0 Å². The minimum absolute atomic E-state index is 0.0754. The summed E-state index contributed by atoms with van der Waals surface area (Å²) < 4.78 is 0. The van der Waals surface area contributed by atoms with Crippen LogP contribution >= 0.6 is 0 Å². The standard InChI is InChI=1S/C12H10N4O/c17-10-7-14-12-9(15-10)6-13-11(16-12)8-4-2-1-3-5-8/h1-6H,7H2,(H,15,17)(H,13,14,16). The van der Waals surface area contributed by atoms with Crippen molar-refractivity contribution in [2.75, 3.05) is 17.2 Å². The first kappa shape index (κ1) is 9.77. The molecule has 5 heteroatoms. The van der Waals surface area contributed by atoms with E-state index >= 15 is 0 Å². The summed E-state index contributed by atoms with van der Waals surface area (Å²) in [7, 11) is 0. The van der Waals surface area contributed by atoms with Crippen LogP contribution in [0.3, 0.4) is 0 Å². The number of nitrogens with one attached hydrogen (secondary N) is 2. The number of nitrogens with zero attached hydrogens (tertiary/aromatic N) is 2. The van der Waals surface area contributed by atoms with Crippen LogP contribution in [0.5, 0.6) is 0 Å². The molecule has 0 unspecified atom stereocenters. The summed E-state index contributed by atoms with van der Waals surface area (Å²) in [5, 5.41) is 5.67. The van der Waals surface area contributed by atoms with E-state index in [1.54, 1.807) is 6.20 Å². The van der Waals surface area contributed by atoms with Crippen LogP contribution in [-0.4, -0.2) is 22.4 Å². The summed E-state index contributed by atoms with van der Waals surface area (Å²) >= 11 is 0. The van der Waals surface area contributed by atoms with Crippen molar-refractivity contribution < 1.29 is 4.79 Å². The Kier molecular flexibility index (Phi) is 2.22. The molecule has 2 N–H and O–H groups in total. The maximum atomic E-state index is 11.2. The number of hydrogen-bond donors (Lipinski definition) is 2. The Labute approximate surface area is 97.9 Å². The van der Waals surface area contributed by atoms with E-state index in [1.165, 1.54) is 0 Å². The van der Waals surface area contributed by atoms with Gasteiger partial charge in [0.05, 0.1) is 12.7 Å². The number of aromatic nitrogens is 2. The second-order valence-electron chi connectivity index (χ2n) is 3.72. The van der Waals surface area contributed by atoms with Crippen LogP contribution < -0.4 is 10.6 Å². The minimum atomic E-state index is -0.0754. The van der Waals surface area contributed by atoms with Gasteiger partial charge in [0.15, 0.2) is 11.6 Å². The van der Waals surface area contributed by atoms with Gasteiger partial charge in [0.2, 0.25) is 5.91 Å². The number of fused-ring (bicyclic) bond motifs is 1. The lowest BCUT2D eigenvalue weighted by Gasteiger charge is -2.17. The molecule has 1 aliphatic heterocycles. The summed E-state index contributed by atoms with van der Waals surface area (Å²) in [6, 6.07) is 9.72. The molecular weight excluding hydrogens is 216 g/mol. The molecule has 1 amide bonds. The van der Waals surface area contributed by atoms with Crippen molar-refractivity contribution in [3.8, 4) is 11.4 Å². The van der Waals surface area contributed by atoms with Crippen molar-refractivity contribution in [1.29, 1.82) is 0 Å². The minimum Gasteiger partial charge on any atom is -0.359 e. The first-order valence-electron chi connectivity index (χ1n) is 5.29. The van der Waals surface area contributed by atoms with E-state index in [0.29, 0.717) is 17.3 Å². The molecule has 1 aromatic carbocycles. The van der Waals surface area contributed by atoms with E-state index in [0.717, 1.165) is 5.56 Å². The van der Waals surface area contributed by atoms with Crippen LogP contribution in [0.2, 0.25) is 0 Å². The monoisotopic (exact) mass is 226 g/mol. The van der Waals surface area contributed by atoms with Gasteiger partial charge in [-0.3, -0.25) is 4.79 Å². The fourth-order valence-corrected chi connectivity index (χ4v) is 1.69. The number of carbonyl (C=O) groups is 1. The van der Waals surface area contributed by atoms with Crippen LogP contribution in [0.1, 0.15) is 0 Å². The third kappa shape index (κ3) is 1.82. The zero-order chi connectivity index (χ0) is 11.7. The number of hydrogen-bond acceptors (Lipinski definition) is 4. The Balaban J connectivity index is 2.02. The van der Waals surface area contributed by atoms with E-state index in [-0.39, 0.29) is 12.5 Å². The smallest absolute Gasteiger partial charge is 0.243 e. The first-order chi connectivity index (χ1) is 8.33. The highest BCUT2D eigenvalue weighted by Crippen LogP contribution is 2.24. The zero-order valence-electron chi connectivity index (χ0n) is 8.97. The molecule has 0 saturated heterocycles. The molecule has 0 radical (unpaired) electrons. The van der Waals surface area contributed by atoms with Crippen molar-refractivity contribution in [1.82, 2.24) is 9.97 Å². The fraction of sp³-hybridized carbons (Fsp3) is 0.0833. The van der Waals surface area contributed by atoms with E-state index in [2.05, 4.69) is 20.6 Å². The molecule has 1 aromatic heterocycles. The number of rotatable bonds is 1. The Morgan fingerprint density at radius 1 is 1.18 bits per heavy atom. The van der Waals surface area contributed by atoms with Crippen molar-refractivity contribution in [3.63, 3.8) is 0 Å². The highest BCUT2D eigenvalue weighted by Gasteiger charge is 2.16. The molecule has 0 saturated carbocycles. The molecule has 0 atom stereocenters. The normalized spacial score (nSPS) is 13.5. The molecule has 0 fully saturated rings. The second kappa shape index (κ2) is 3.86. The molecule has 1 aliphatic rings. The van der Waals surface area contributed by atoms with Gasteiger partial charge in [0, 0.05) is 5.56 Å². The molecule has 3 rings (SSSR count).